The summed E-state index contributed by atoms with van der Waals surface area (Å²) >= 11 is 0. The van der Waals surface area contributed by atoms with E-state index in [4.69, 9.17) is 0 Å². The van der Waals surface area contributed by atoms with Crippen molar-refractivity contribution >= 4 is 0 Å². The summed E-state index contributed by atoms with van der Waals surface area (Å²) in [6.45, 7) is 1.86. The molecular weight excluding hydrogens is 478 g/mol. The first-order valence-electron chi connectivity index (χ1n) is 9.95. The van der Waals surface area contributed by atoms with E-state index in [1.54, 1.807) is 0 Å². The molecule has 34 heavy (non-hydrogen) atoms. The van der Waals surface area contributed by atoms with E-state index in [0.717, 1.165) is 23.8 Å². The lowest BCUT2D eigenvalue weighted by atomic mass is 9.88. The van der Waals surface area contributed by atoms with Gasteiger partial charge in [-0.3, -0.25) is 0 Å². The molecule has 1 unspecified atom stereocenters. The molecule has 0 spiro atoms. The third-order valence-corrected chi connectivity index (χ3v) is 5.17. The molecule has 1 atom stereocenters. The van der Waals surface area contributed by atoms with Gasteiger partial charge in [0.05, 0.1) is 11.1 Å². The Hall–Kier alpha value is -3.04. The molecule has 3 rings (SSSR count). The molecule has 0 bridgehead atoms. The van der Waals surface area contributed by atoms with Gasteiger partial charge in [-0.1, -0.05) is 43.7 Å². The van der Waals surface area contributed by atoms with Crippen LogP contribution in [0.2, 0.25) is 0 Å². The molecule has 0 saturated carbocycles. The van der Waals surface area contributed by atoms with Gasteiger partial charge in [0.25, 0.3) is 6.17 Å². The van der Waals surface area contributed by atoms with Crippen LogP contribution in [0.3, 0.4) is 0 Å². The Morgan fingerprint density at radius 2 is 1.32 bits per heavy atom. The Morgan fingerprint density at radius 3 is 1.82 bits per heavy atom. The first-order valence-corrected chi connectivity index (χ1v) is 9.95. The normalized spacial score (nSPS) is 13.3. The van der Waals surface area contributed by atoms with Gasteiger partial charge in [0.2, 0.25) is 0 Å². The van der Waals surface area contributed by atoms with E-state index in [9.17, 15) is 39.5 Å². The van der Waals surface area contributed by atoms with Crippen molar-refractivity contribution in [2.24, 2.45) is 0 Å². The second-order valence-electron chi connectivity index (χ2n) is 7.54. The summed E-state index contributed by atoms with van der Waals surface area (Å²) in [5.41, 5.74) is -4.91. The molecule has 0 aliphatic heterocycles. The van der Waals surface area contributed by atoms with Gasteiger partial charge in [0.1, 0.15) is 23.3 Å². The maximum atomic E-state index is 15.4. The highest BCUT2D eigenvalue weighted by atomic mass is 19.4. The molecular formula is C24H16F10. The number of halogens is 10. The van der Waals surface area contributed by atoms with Gasteiger partial charge in [-0.05, 0) is 35.7 Å². The van der Waals surface area contributed by atoms with Crippen LogP contribution in [0.5, 0.6) is 0 Å². The topological polar surface area (TPSA) is 0 Å². The summed E-state index contributed by atoms with van der Waals surface area (Å²) in [7, 11) is 0. The number of hydrogen-bond acceptors (Lipinski definition) is 0. The Kier molecular flexibility index (Phi) is 7.00. The molecule has 0 saturated heterocycles. The standard InChI is InChI=1S/C24H16F10/c1-2-4-12-7-9-13(10-8-12)18-14(19-15(25)5-3-6-16(19)26)11-17(27)20(21(18)28)23(30,31)22(29)24(32,33)34/h3,5-11,22H,2,4H2,1H3. The van der Waals surface area contributed by atoms with E-state index in [-0.39, 0.29) is 11.6 Å². The van der Waals surface area contributed by atoms with Gasteiger partial charge >= 0.3 is 12.1 Å². The van der Waals surface area contributed by atoms with Crippen molar-refractivity contribution in [2.45, 2.75) is 38.0 Å². The van der Waals surface area contributed by atoms with E-state index >= 15 is 4.39 Å². The second-order valence-corrected chi connectivity index (χ2v) is 7.54. The van der Waals surface area contributed by atoms with Crippen LogP contribution in [0.1, 0.15) is 24.5 Å². The molecule has 0 fully saturated rings. The number of hydrogen-bond donors (Lipinski definition) is 0. The lowest BCUT2D eigenvalue weighted by Gasteiger charge is -2.25. The average molecular weight is 494 g/mol. The Morgan fingerprint density at radius 1 is 0.765 bits per heavy atom. The second kappa shape index (κ2) is 9.31. The van der Waals surface area contributed by atoms with Crippen LogP contribution in [0, 0.1) is 23.3 Å². The average Bonchev–Trinajstić information content (AvgIpc) is 2.73. The van der Waals surface area contributed by atoms with Gasteiger partial charge < -0.3 is 0 Å². The molecule has 10 heteroatoms. The highest BCUT2D eigenvalue weighted by molar-refractivity contribution is 5.85. The maximum absolute atomic E-state index is 15.4. The number of benzene rings is 3. The predicted octanol–water partition coefficient (Wildman–Crippen LogP) is 8.52. The van der Waals surface area contributed by atoms with Crippen LogP contribution in [-0.2, 0) is 12.3 Å². The minimum absolute atomic E-state index is 0.0756. The molecule has 0 nitrogen and oxygen atoms in total. The van der Waals surface area contributed by atoms with Crippen LogP contribution in [0.4, 0.5) is 43.9 Å². The summed E-state index contributed by atoms with van der Waals surface area (Å²) in [6, 6.07) is 7.75. The first-order chi connectivity index (χ1) is 15.8. The third-order valence-electron chi connectivity index (χ3n) is 5.17. The van der Waals surface area contributed by atoms with Gasteiger partial charge in [-0.25, -0.2) is 22.0 Å². The van der Waals surface area contributed by atoms with Crippen molar-refractivity contribution in [3.05, 3.63) is 82.9 Å². The van der Waals surface area contributed by atoms with Crippen molar-refractivity contribution in [3.8, 4) is 22.3 Å². The molecule has 3 aromatic rings. The molecule has 0 aliphatic rings. The van der Waals surface area contributed by atoms with Crippen LogP contribution in [0.25, 0.3) is 22.3 Å². The molecule has 3 aromatic carbocycles. The highest BCUT2D eigenvalue weighted by Gasteiger charge is 2.60. The molecule has 0 N–H and O–H groups in total. The van der Waals surface area contributed by atoms with Gasteiger partial charge in [-0.15, -0.1) is 0 Å². The Labute approximate surface area is 187 Å². The van der Waals surface area contributed by atoms with Crippen LogP contribution in [0.15, 0.2) is 48.5 Å². The quantitative estimate of drug-likeness (QED) is 0.302. The maximum Gasteiger partial charge on any atom is 0.426 e. The summed E-state index contributed by atoms with van der Waals surface area (Å²) in [6.07, 6.45) is -9.79. The van der Waals surface area contributed by atoms with Crippen LogP contribution < -0.4 is 0 Å². The van der Waals surface area contributed by atoms with E-state index in [2.05, 4.69) is 0 Å². The number of alkyl halides is 6. The number of aryl methyl sites for hydroxylation is 1. The van der Waals surface area contributed by atoms with E-state index < -0.39 is 63.8 Å². The van der Waals surface area contributed by atoms with E-state index in [0.29, 0.717) is 12.8 Å². The number of rotatable bonds is 6. The van der Waals surface area contributed by atoms with Crippen molar-refractivity contribution in [1.82, 2.24) is 0 Å². The van der Waals surface area contributed by atoms with E-state index in [1.807, 2.05) is 6.92 Å². The lowest BCUT2D eigenvalue weighted by Crippen LogP contribution is -2.41. The molecule has 0 heterocycles. The molecule has 0 amide bonds. The molecule has 0 aromatic heterocycles. The molecule has 182 valence electrons. The lowest BCUT2D eigenvalue weighted by molar-refractivity contribution is -0.249. The fourth-order valence-electron chi connectivity index (χ4n) is 3.62. The Balaban J connectivity index is 2.39. The van der Waals surface area contributed by atoms with E-state index in [1.165, 1.54) is 24.3 Å². The summed E-state index contributed by atoms with van der Waals surface area (Å²) < 4.78 is 139. The zero-order valence-corrected chi connectivity index (χ0v) is 17.4. The Bertz CT molecular complexity index is 1160. The third kappa shape index (κ3) is 4.63. The van der Waals surface area contributed by atoms with Crippen molar-refractivity contribution < 1.29 is 43.9 Å². The van der Waals surface area contributed by atoms with Crippen LogP contribution >= 0.6 is 0 Å². The van der Waals surface area contributed by atoms with Crippen LogP contribution in [-0.4, -0.2) is 12.3 Å². The summed E-state index contributed by atoms with van der Waals surface area (Å²) in [5, 5.41) is 0. The fraction of sp³-hybridized carbons (Fsp3) is 0.250. The minimum atomic E-state index is -6.14. The fourth-order valence-corrected chi connectivity index (χ4v) is 3.62. The van der Waals surface area contributed by atoms with Crippen molar-refractivity contribution in [2.75, 3.05) is 0 Å². The molecule has 0 aliphatic carbocycles. The van der Waals surface area contributed by atoms with Crippen molar-refractivity contribution in [1.29, 1.82) is 0 Å². The minimum Gasteiger partial charge on any atom is -0.230 e. The van der Waals surface area contributed by atoms with Gasteiger partial charge in [-0.2, -0.15) is 22.0 Å². The SMILES string of the molecule is CCCc1ccc(-c2c(-c3c(F)cccc3F)cc(F)c(C(F)(F)C(F)C(F)(F)F)c2F)cc1. The monoisotopic (exact) mass is 494 g/mol. The first kappa shape index (κ1) is 25.6. The predicted molar refractivity (Wildman–Crippen MR) is 106 cm³/mol. The smallest absolute Gasteiger partial charge is 0.230 e. The largest absolute Gasteiger partial charge is 0.426 e. The highest BCUT2D eigenvalue weighted by Crippen LogP contribution is 2.48. The summed E-state index contributed by atoms with van der Waals surface area (Å²) in [4.78, 5) is 0. The van der Waals surface area contributed by atoms with Gasteiger partial charge in [0.15, 0.2) is 0 Å². The van der Waals surface area contributed by atoms with Gasteiger partial charge in [0, 0.05) is 11.1 Å². The molecule has 0 radical (unpaired) electrons. The summed E-state index contributed by atoms with van der Waals surface area (Å²) in [5.74, 6) is -12.8. The zero-order valence-electron chi connectivity index (χ0n) is 17.4. The zero-order chi connectivity index (χ0) is 25.4. The van der Waals surface area contributed by atoms with Crippen molar-refractivity contribution in [3.63, 3.8) is 0 Å².